The predicted molar refractivity (Wildman–Crippen MR) is 82.4 cm³/mol. The molecule has 2 N–H and O–H groups in total. The predicted octanol–water partition coefficient (Wildman–Crippen LogP) is 2.19. The standard InChI is InChI=1S/C16H16N2O2S/c1-21-16-12(7-4-8-17-16)15(20)18-14-11-6-3-2-5-10(11)9-13(14)19/h2-8,13-14,19H,9H2,1H3,(H,18,20)/t13-,14+/m1/s1. The van der Waals surface area contributed by atoms with Crippen molar-refractivity contribution in [2.24, 2.45) is 0 Å². The van der Waals surface area contributed by atoms with Crippen molar-refractivity contribution in [2.45, 2.75) is 23.6 Å². The molecule has 1 aliphatic carbocycles. The first kappa shape index (κ1) is 14.1. The summed E-state index contributed by atoms with van der Waals surface area (Å²) >= 11 is 1.43. The van der Waals surface area contributed by atoms with E-state index in [4.69, 9.17) is 0 Å². The minimum absolute atomic E-state index is 0.201. The lowest BCUT2D eigenvalue weighted by Gasteiger charge is -2.18. The Balaban J connectivity index is 1.85. The molecule has 0 fully saturated rings. The van der Waals surface area contributed by atoms with Gasteiger partial charge in [-0.05, 0) is 29.5 Å². The molecule has 1 aromatic carbocycles. The Morgan fingerprint density at radius 3 is 2.95 bits per heavy atom. The van der Waals surface area contributed by atoms with Crippen LogP contribution in [0.2, 0.25) is 0 Å². The molecule has 2 atom stereocenters. The quantitative estimate of drug-likeness (QED) is 0.853. The van der Waals surface area contributed by atoms with Crippen LogP contribution in [0.25, 0.3) is 0 Å². The van der Waals surface area contributed by atoms with Gasteiger partial charge < -0.3 is 10.4 Å². The molecule has 5 heteroatoms. The Morgan fingerprint density at radius 1 is 1.33 bits per heavy atom. The number of rotatable bonds is 3. The number of carbonyl (C=O) groups excluding carboxylic acids is 1. The molecular weight excluding hydrogens is 284 g/mol. The van der Waals surface area contributed by atoms with Gasteiger partial charge in [0.05, 0.1) is 17.7 Å². The van der Waals surface area contributed by atoms with Crippen molar-refractivity contribution in [1.29, 1.82) is 0 Å². The van der Waals surface area contributed by atoms with Gasteiger partial charge in [-0.2, -0.15) is 0 Å². The van der Waals surface area contributed by atoms with E-state index in [1.165, 1.54) is 11.8 Å². The third-order valence-electron chi connectivity index (χ3n) is 3.70. The normalized spacial score (nSPS) is 20.1. The molecule has 0 saturated heterocycles. The third kappa shape index (κ3) is 2.66. The largest absolute Gasteiger partial charge is 0.390 e. The highest BCUT2D eigenvalue weighted by atomic mass is 32.2. The summed E-state index contributed by atoms with van der Waals surface area (Å²) in [5, 5.41) is 13.8. The van der Waals surface area contributed by atoms with Gasteiger partial charge in [0.25, 0.3) is 5.91 Å². The van der Waals surface area contributed by atoms with E-state index in [0.29, 0.717) is 17.0 Å². The summed E-state index contributed by atoms with van der Waals surface area (Å²) in [7, 11) is 0. The van der Waals surface area contributed by atoms with Crippen LogP contribution in [0.15, 0.2) is 47.6 Å². The molecule has 0 aliphatic heterocycles. The molecule has 2 aromatic rings. The lowest BCUT2D eigenvalue weighted by molar-refractivity contribution is 0.0854. The van der Waals surface area contributed by atoms with Crippen molar-refractivity contribution in [3.8, 4) is 0 Å². The van der Waals surface area contributed by atoms with E-state index in [2.05, 4.69) is 10.3 Å². The van der Waals surface area contributed by atoms with Crippen molar-refractivity contribution >= 4 is 17.7 Å². The van der Waals surface area contributed by atoms with Crippen LogP contribution in [0.3, 0.4) is 0 Å². The van der Waals surface area contributed by atoms with Crippen LogP contribution in [-0.2, 0) is 6.42 Å². The zero-order valence-corrected chi connectivity index (χ0v) is 12.4. The fourth-order valence-corrected chi connectivity index (χ4v) is 3.24. The summed E-state index contributed by atoms with van der Waals surface area (Å²) in [6.07, 6.45) is 3.55. The zero-order valence-electron chi connectivity index (χ0n) is 11.6. The summed E-state index contributed by atoms with van der Waals surface area (Å²) in [5.41, 5.74) is 2.63. The molecule has 1 amide bonds. The molecule has 3 rings (SSSR count). The van der Waals surface area contributed by atoms with Crippen LogP contribution in [-0.4, -0.2) is 28.4 Å². The van der Waals surface area contributed by atoms with Crippen LogP contribution in [0.1, 0.15) is 27.5 Å². The third-order valence-corrected chi connectivity index (χ3v) is 4.41. The average Bonchev–Trinajstić information content (AvgIpc) is 2.83. The first-order valence-electron chi connectivity index (χ1n) is 6.76. The first-order chi connectivity index (χ1) is 10.2. The van der Waals surface area contributed by atoms with Crippen molar-refractivity contribution in [2.75, 3.05) is 6.26 Å². The average molecular weight is 300 g/mol. The fourth-order valence-electron chi connectivity index (χ4n) is 2.69. The van der Waals surface area contributed by atoms with Gasteiger partial charge in [-0.15, -0.1) is 11.8 Å². The van der Waals surface area contributed by atoms with E-state index in [9.17, 15) is 9.90 Å². The summed E-state index contributed by atoms with van der Waals surface area (Å²) in [6.45, 7) is 0. The van der Waals surface area contributed by atoms with Gasteiger partial charge in [0.15, 0.2) is 0 Å². The van der Waals surface area contributed by atoms with E-state index < -0.39 is 6.10 Å². The van der Waals surface area contributed by atoms with E-state index in [0.717, 1.165) is 11.1 Å². The maximum absolute atomic E-state index is 12.5. The molecule has 1 heterocycles. The Kier molecular flexibility index (Phi) is 3.94. The SMILES string of the molecule is CSc1ncccc1C(=O)N[C@H]1c2ccccc2C[C@H]1O. The lowest BCUT2D eigenvalue weighted by Crippen LogP contribution is -2.34. The number of fused-ring (bicyclic) bond motifs is 1. The number of carbonyl (C=O) groups is 1. The number of hydrogen-bond donors (Lipinski definition) is 2. The highest BCUT2D eigenvalue weighted by Crippen LogP contribution is 2.31. The second kappa shape index (κ2) is 5.87. The molecular formula is C16H16N2O2S. The van der Waals surface area contributed by atoms with Gasteiger partial charge in [-0.3, -0.25) is 4.79 Å². The van der Waals surface area contributed by atoms with E-state index in [1.54, 1.807) is 18.3 Å². The number of aliphatic hydroxyl groups is 1. The Hall–Kier alpha value is -1.85. The zero-order chi connectivity index (χ0) is 14.8. The Labute approximate surface area is 127 Å². The van der Waals surface area contributed by atoms with E-state index in [1.807, 2.05) is 30.5 Å². The van der Waals surface area contributed by atoms with Gasteiger partial charge >= 0.3 is 0 Å². The molecule has 0 radical (unpaired) electrons. The number of nitrogens with zero attached hydrogens (tertiary/aromatic N) is 1. The van der Waals surface area contributed by atoms with Gasteiger partial charge in [-0.25, -0.2) is 4.98 Å². The molecule has 0 saturated carbocycles. The molecule has 1 aliphatic rings. The number of thioether (sulfide) groups is 1. The smallest absolute Gasteiger partial charge is 0.254 e. The number of nitrogens with one attached hydrogen (secondary N) is 1. The maximum atomic E-state index is 12.5. The van der Waals surface area contributed by atoms with Crippen molar-refractivity contribution < 1.29 is 9.90 Å². The molecule has 0 unspecified atom stereocenters. The number of aliphatic hydroxyl groups excluding tert-OH is 1. The summed E-state index contributed by atoms with van der Waals surface area (Å²) in [5.74, 6) is -0.201. The molecule has 4 nitrogen and oxygen atoms in total. The topological polar surface area (TPSA) is 62.2 Å². The van der Waals surface area contributed by atoms with Gasteiger partial charge in [0, 0.05) is 12.6 Å². The lowest BCUT2D eigenvalue weighted by atomic mass is 10.1. The minimum Gasteiger partial charge on any atom is -0.390 e. The van der Waals surface area contributed by atoms with Crippen LogP contribution in [0, 0.1) is 0 Å². The maximum Gasteiger partial charge on any atom is 0.254 e. The number of pyridine rings is 1. The van der Waals surface area contributed by atoms with Crippen LogP contribution < -0.4 is 5.32 Å². The second-order valence-corrected chi connectivity index (χ2v) is 5.78. The summed E-state index contributed by atoms with van der Waals surface area (Å²) < 4.78 is 0. The van der Waals surface area contributed by atoms with Gasteiger partial charge in [0.2, 0.25) is 0 Å². The number of hydrogen-bond acceptors (Lipinski definition) is 4. The van der Waals surface area contributed by atoms with Gasteiger partial charge in [0.1, 0.15) is 5.03 Å². The van der Waals surface area contributed by atoms with Crippen LogP contribution in [0.5, 0.6) is 0 Å². The van der Waals surface area contributed by atoms with Gasteiger partial charge in [-0.1, -0.05) is 24.3 Å². The molecule has 21 heavy (non-hydrogen) atoms. The Morgan fingerprint density at radius 2 is 2.14 bits per heavy atom. The molecule has 1 aromatic heterocycles. The summed E-state index contributed by atoms with van der Waals surface area (Å²) in [6, 6.07) is 11.0. The van der Waals surface area contributed by atoms with Crippen molar-refractivity contribution in [3.05, 3.63) is 59.3 Å². The number of aromatic nitrogens is 1. The highest BCUT2D eigenvalue weighted by molar-refractivity contribution is 7.98. The molecule has 0 bridgehead atoms. The number of amides is 1. The monoisotopic (exact) mass is 300 g/mol. The highest BCUT2D eigenvalue weighted by Gasteiger charge is 2.32. The van der Waals surface area contributed by atoms with E-state index >= 15 is 0 Å². The van der Waals surface area contributed by atoms with Crippen molar-refractivity contribution in [1.82, 2.24) is 10.3 Å². The Bertz CT molecular complexity index is 675. The fraction of sp³-hybridized carbons (Fsp3) is 0.250. The van der Waals surface area contributed by atoms with Crippen molar-refractivity contribution in [3.63, 3.8) is 0 Å². The second-order valence-electron chi connectivity index (χ2n) is 4.98. The summed E-state index contributed by atoms with van der Waals surface area (Å²) in [4.78, 5) is 16.7. The minimum atomic E-state index is -0.583. The van der Waals surface area contributed by atoms with Crippen LogP contribution in [0.4, 0.5) is 0 Å². The molecule has 0 spiro atoms. The molecule has 108 valence electrons. The first-order valence-corrected chi connectivity index (χ1v) is 7.99. The van der Waals surface area contributed by atoms with E-state index in [-0.39, 0.29) is 11.9 Å². The van der Waals surface area contributed by atoms with Crippen LogP contribution >= 0.6 is 11.8 Å². The number of benzene rings is 1.